The fourth-order valence-electron chi connectivity index (χ4n) is 2.86. The molecule has 0 heterocycles. The fourth-order valence-corrected chi connectivity index (χ4v) is 2.86. The molecule has 3 N–H and O–H groups in total. The van der Waals surface area contributed by atoms with Crippen LogP contribution in [0.3, 0.4) is 0 Å². The normalized spacial score (nSPS) is 11.3. The molecule has 1 amide bonds. The summed E-state index contributed by atoms with van der Waals surface area (Å²) >= 11 is 0. The van der Waals surface area contributed by atoms with Gasteiger partial charge in [-0.25, -0.2) is 4.79 Å². The Morgan fingerprint density at radius 3 is 2.00 bits per heavy atom. The van der Waals surface area contributed by atoms with E-state index in [9.17, 15) is 9.59 Å². The van der Waals surface area contributed by atoms with E-state index in [0.29, 0.717) is 17.0 Å². The van der Waals surface area contributed by atoms with Gasteiger partial charge in [0.25, 0.3) is 0 Å². The van der Waals surface area contributed by atoms with Gasteiger partial charge in [0.2, 0.25) is 5.91 Å². The first-order valence-electron chi connectivity index (χ1n) is 8.97. The molecule has 146 valence electrons. The molecule has 3 aromatic rings. The van der Waals surface area contributed by atoms with Crippen molar-refractivity contribution >= 4 is 17.6 Å². The molecule has 0 spiro atoms. The predicted molar refractivity (Wildman–Crippen MR) is 110 cm³/mol. The predicted octanol–water partition coefficient (Wildman–Crippen LogP) is 3.21. The van der Waals surface area contributed by atoms with Crippen molar-refractivity contribution in [1.82, 2.24) is 0 Å². The number of aliphatic imine (C=N–C) groups is 1. The minimum atomic E-state index is -1.09. The van der Waals surface area contributed by atoms with Crippen LogP contribution < -0.4 is 10.5 Å². The summed E-state index contributed by atoms with van der Waals surface area (Å²) < 4.78 is 5.21. The number of carbonyl (C=O) groups is 2. The summed E-state index contributed by atoms with van der Waals surface area (Å²) in [5.74, 6) is -1.38. The van der Waals surface area contributed by atoms with E-state index in [0.717, 1.165) is 11.1 Å². The smallest absolute Gasteiger partial charge is 0.341 e. The molecule has 0 aliphatic heterocycles. The molecular formula is C23H20N2O4. The molecular weight excluding hydrogens is 368 g/mol. The summed E-state index contributed by atoms with van der Waals surface area (Å²) in [4.78, 5) is 27.7. The number of amides is 1. The van der Waals surface area contributed by atoms with Crippen LogP contribution in [0.4, 0.5) is 0 Å². The second kappa shape index (κ2) is 9.32. The zero-order valence-electron chi connectivity index (χ0n) is 15.6. The van der Waals surface area contributed by atoms with Crippen molar-refractivity contribution in [2.24, 2.45) is 10.7 Å². The number of hydrogen-bond acceptors (Lipinski definition) is 4. The zero-order valence-corrected chi connectivity index (χ0v) is 15.6. The molecule has 0 aromatic heterocycles. The minimum Gasteiger partial charge on any atom is -0.482 e. The monoisotopic (exact) mass is 388 g/mol. The molecule has 0 aliphatic rings. The number of nitrogens with zero attached hydrogens (tertiary/aromatic N) is 1. The van der Waals surface area contributed by atoms with Crippen molar-refractivity contribution in [1.29, 1.82) is 0 Å². The summed E-state index contributed by atoms with van der Waals surface area (Å²) in [7, 11) is 0. The first-order valence-corrected chi connectivity index (χ1v) is 8.97. The first kappa shape index (κ1) is 19.8. The van der Waals surface area contributed by atoms with Gasteiger partial charge in [0.1, 0.15) is 5.75 Å². The quantitative estimate of drug-likeness (QED) is 0.579. The summed E-state index contributed by atoms with van der Waals surface area (Å²) in [6.07, 6.45) is 0. The highest BCUT2D eigenvalue weighted by molar-refractivity contribution is 6.13. The van der Waals surface area contributed by atoms with Crippen molar-refractivity contribution in [3.05, 3.63) is 102 Å². The summed E-state index contributed by atoms with van der Waals surface area (Å²) in [5.41, 5.74) is 8.51. The van der Waals surface area contributed by atoms with E-state index in [1.165, 1.54) is 0 Å². The van der Waals surface area contributed by atoms with E-state index >= 15 is 0 Å². The molecule has 1 unspecified atom stereocenters. The van der Waals surface area contributed by atoms with E-state index in [1.807, 2.05) is 60.7 Å². The highest BCUT2D eigenvalue weighted by atomic mass is 16.5. The molecule has 6 nitrogen and oxygen atoms in total. The molecule has 0 aliphatic carbocycles. The average Bonchev–Trinajstić information content (AvgIpc) is 2.74. The SMILES string of the molecule is NC(=O)C(N=C(c1ccccc1)c1ccccc1)c1cccc(OCC(=O)O)c1. The Kier molecular flexibility index (Phi) is 6.37. The minimum absolute atomic E-state index is 0.326. The first-order chi connectivity index (χ1) is 14.0. The number of carboxylic acids is 1. The van der Waals surface area contributed by atoms with Crippen LogP contribution in [0, 0.1) is 0 Å². The van der Waals surface area contributed by atoms with Crippen molar-refractivity contribution in [3.8, 4) is 5.75 Å². The van der Waals surface area contributed by atoms with Crippen molar-refractivity contribution in [2.45, 2.75) is 6.04 Å². The maximum absolute atomic E-state index is 12.3. The Morgan fingerprint density at radius 1 is 0.897 bits per heavy atom. The number of ether oxygens (including phenoxy) is 1. The third kappa shape index (κ3) is 5.29. The van der Waals surface area contributed by atoms with Gasteiger partial charge in [-0.05, 0) is 17.7 Å². The molecule has 0 radical (unpaired) electrons. The van der Waals surface area contributed by atoms with Crippen LogP contribution in [0.5, 0.6) is 5.75 Å². The van der Waals surface area contributed by atoms with Crippen LogP contribution >= 0.6 is 0 Å². The molecule has 3 aromatic carbocycles. The second-order valence-corrected chi connectivity index (χ2v) is 6.27. The maximum Gasteiger partial charge on any atom is 0.341 e. The fraction of sp³-hybridized carbons (Fsp3) is 0.0870. The Balaban J connectivity index is 2.05. The van der Waals surface area contributed by atoms with Gasteiger partial charge in [-0.3, -0.25) is 9.79 Å². The zero-order chi connectivity index (χ0) is 20.6. The Hall–Kier alpha value is -3.93. The number of primary amides is 1. The van der Waals surface area contributed by atoms with Crippen molar-refractivity contribution in [2.75, 3.05) is 6.61 Å². The van der Waals surface area contributed by atoms with Gasteiger partial charge in [0.05, 0.1) is 5.71 Å². The Morgan fingerprint density at radius 2 is 1.48 bits per heavy atom. The van der Waals surface area contributed by atoms with Crippen LogP contribution in [0.2, 0.25) is 0 Å². The van der Waals surface area contributed by atoms with Gasteiger partial charge in [-0.15, -0.1) is 0 Å². The van der Waals surface area contributed by atoms with Gasteiger partial charge in [-0.2, -0.15) is 0 Å². The van der Waals surface area contributed by atoms with E-state index < -0.39 is 24.5 Å². The largest absolute Gasteiger partial charge is 0.482 e. The average molecular weight is 388 g/mol. The van der Waals surface area contributed by atoms with Gasteiger partial charge in [0.15, 0.2) is 12.6 Å². The van der Waals surface area contributed by atoms with E-state index in [4.69, 9.17) is 20.6 Å². The van der Waals surface area contributed by atoms with Gasteiger partial charge in [0, 0.05) is 11.1 Å². The second-order valence-electron chi connectivity index (χ2n) is 6.27. The van der Waals surface area contributed by atoms with Crippen LogP contribution in [0.15, 0.2) is 89.9 Å². The van der Waals surface area contributed by atoms with E-state index in [1.54, 1.807) is 24.3 Å². The number of benzene rings is 3. The number of rotatable bonds is 8. The summed E-state index contributed by atoms with van der Waals surface area (Å²) in [6, 6.07) is 24.7. The van der Waals surface area contributed by atoms with Crippen molar-refractivity contribution < 1.29 is 19.4 Å². The third-order valence-electron chi connectivity index (χ3n) is 4.16. The standard InChI is InChI=1S/C23H20N2O4/c24-23(28)22(18-12-7-13-19(14-18)29-15-20(26)27)25-21(16-8-3-1-4-9-16)17-10-5-2-6-11-17/h1-14,22H,15H2,(H2,24,28)(H,26,27). The number of carboxylic acid groups (broad SMARTS) is 1. The lowest BCUT2D eigenvalue weighted by atomic mass is 10.0. The lowest BCUT2D eigenvalue weighted by Crippen LogP contribution is -2.22. The molecule has 29 heavy (non-hydrogen) atoms. The van der Waals surface area contributed by atoms with Crippen LogP contribution in [0.25, 0.3) is 0 Å². The number of aliphatic carboxylic acids is 1. The van der Waals surface area contributed by atoms with Crippen molar-refractivity contribution in [3.63, 3.8) is 0 Å². The maximum atomic E-state index is 12.3. The van der Waals surface area contributed by atoms with E-state index in [-0.39, 0.29) is 0 Å². The molecule has 0 fully saturated rings. The van der Waals surface area contributed by atoms with Gasteiger partial charge >= 0.3 is 5.97 Å². The number of carbonyl (C=O) groups excluding carboxylic acids is 1. The van der Waals surface area contributed by atoms with E-state index in [2.05, 4.69) is 0 Å². The molecule has 0 bridgehead atoms. The van der Waals surface area contributed by atoms with Crippen LogP contribution in [-0.2, 0) is 9.59 Å². The lowest BCUT2D eigenvalue weighted by molar-refractivity contribution is -0.139. The van der Waals surface area contributed by atoms with Gasteiger partial charge < -0.3 is 15.6 Å². The molecule has 3 rings (SSSR count). The molecule has 6 heteroatoms. The van der Waals surface area contributed by atoms with Crippen LogP contribution in [-0.4, -0.2) is 29.3 Å². The Labute approximate surface area is 168 Å². The highest BCUT2D eigenvalue weighted by Crippen LogP contribution is 2.24. The van der Waals surface area contributed by atoms with Gasteiger partial charge in [-0.1, -0.05) is 72.8 Å². The molecule has 0 saturated carbocycles. The third-order valence-corrected chi connectivity index (χ3v) is 4.16. The number of nitrogens with two attached hydrogens (primary N) is 1. The molecule has 0 saturated heterocycles. The van der Waals surface area contributed by atoms with Crippen LogP contribution in [0.1, 0.15) is 22.7 Å². The lowest BCUT2D eigenvalue weighted by Gasteiger charge is -2.15. The summed E-state index contributed by atoms with van der Waals surface area (Å²) in [5, 5.41) is 8.79. The highest BCUT2D eigenvalue weighted by Gasteiger charge is 2.20. The summed E-state index contributed by atoms with van der Waals surface area (Å²) in [6.45, 7) is -0.479. The topological polar surface area (TPSA) is 102 Å². The molecule has 1 atom stereocenters. The Bertz CT molecular complexity index is 976. The number of hydrogen-bond donors (Lipinski definition) is 2.